The van der Waals surface area contributed by atoms with Crippen LogP contribution in [-0.4, -0.2) is 30.7 Å². The highest BCUT2D eigenvalue weighted by Crippen LogP contribution is 2.50. The van der Waals surface area contributed by atoms with E-state index in [0.717, 1.165) is 72.7 Å². The summed E-state index contributed by atoms with van der Waals surface area (Å²) in [6.45, 7) is 54.2. The maximum atomic E-state index is 12.7. The number of phenolic OH excluding ortho intramolecular Hbond substituents is 2. The number of ether oxygens (including phenoxy) is 2. The van der Waals surface area contributed by atoms with Crippen molar-refractivity contribution in [1.82, 2.24) is 0 Å². The van der Waals surface area contributed by atoms with Crippen LogP contribution < -0.4 is 9.47 Å². The lowest BCUT2D eigenvalue weighted by molar-refractivity contribution is 0.329. The minimum Gasteiger partial charge on any atom is -0.507 e. The zero-order valence-electron chi connectivity index (χ0n) is 51.0. The molecule has 404 valence electrons. The van der Waals surface area contributed by atoms with Gasteiger partial charge in [0.1, 0.15) is 31.1 Å². The predicted octanol–water partition coefficient (Wildman–Crippen LogP) is 20.0. The van der Waals surface area contributed by atoms with Crippen molar-refractivity contribution >= 4 is 8.07 Å². The summed E-state index contributed by atoms with van der Waals surface area (Å²) in [5.41, 5.74) is 16.1. The molecule has 6 aromatic carbocycles. The third-order valence-electron chi connectivity index (χ3n) is 16.0. The second-order valence-electron chi connectivity index (χ2n) is 29.0. The van der Waals surface area contributed by atoms with Gasteiger partial charge < -0.3 is 19.7 Å². The molecule has 0 radical (unpaired) electrons. The minimum absolute atomic E-state index is 0.0475. The van der Waals surface area contributed by atoms with Gasteiger partial charge in [-0.25, -0.2) is 0 Å². The van der Waals surface area contributed by atoms with Gasteiger partial charge in [0.2, 0.25) is 0 Å². The summed E-state index contributed by atoms with van der Waals surface area (Å²) < 4.78 is 14.9. The van der Waals surface area contributed by atoms with Crippen LogP contribution in [0.1, 0.15) is 197 Å². The Morgan fingerprint density at radius 2 is 0.787 bits per heavy atom. The topological polar surface area (TPSA) is 58.9 Å². The first kappa shape index (κ1) is 59.0. The largest absolute Gasteiger partial charge is 0.507 e. The fraction of sp³-hybridized carbons (Fsp3) is 0.486. The summed E-state index contributed by atoms with van der Waals surface area (Å²) in [6.07, 6.45) is 1.02. The van der Waals surface area contributed by atoms with Crippen molar-refractivity contribution in [3.8, 4) is 67.5 Å². The number of rotatable bonds is 12. The quantitative estimate of drug-likeness (QED) is 0.120. The summed E-state index contributed by atoms with van der Waals surface area (Å²) in [5, 5.41) is 25.4. The van der Waals surface area contributed by atoms with E-state index in [2.05, 4.69) is 263 Å². The third-order valence-corrected chi connectivity index (χ3v) is 22.0. The monoisotopic (exact) mass is 1030 g/mol. The molecule has 6 aromatic rings. The molecule has 0 aliphatic heterocycles. The number of hydrogen-bond acceptors (Lipinski definition) is 4. The molecule has 2 N–H and O–H groups in total. The van der Waals surface area contributed by atoms with Gasteiger partial charge in [0.05, 0.1) is 12.5 Å². The van der Waals surface area contributed by atoms with Gasteiger partial charge in [-0.2, -0.15) is 0 Å². The Bertz CT molecular complexity index is 2990. The molecule has 0 amide bonds. The first-order chi connectivity index (χ1) is 34.2. The predicted molar refractivity (Wildman–Crippen MR) is 327 cm³/mol. The Morgan fingerprint density at radius 3 is 1.25 bits per heavy atom. The number of hydrogen-bond donors (Lipinski definition) is 2. The van der Waals surface area contributed by atoms with Gasteiger partial charge in [-0.05, 0) is 150 Å². The SMILES string of the molecule is Cc1cc(-c2cc(C(C)(C)C)cc(C(C)(C)C)c2)c(O)c(-c2cc(C(C)(C)C)ccc2OC[Si](COc2c(-c3cc(C)cc(-c4cccc(C(C)(C)C)c4)c3O)cc(C(C)(C)C)cc2C(C)(C)C)(C(C)C)C(C)C)c1. The van der Waals surface area contributed by atoms with Crippen LogP contribution in [0.25, 0.3) is 44.5 Å². The summed E-state index contributed by atoms with van der Waals surface area (Å²) in [7, 11) is -2.56. The second-order valence-corrected chi connectivity index (χ2v) is 34.4. The molecule has 0 aliphatic carbocycles. The van der Waals surface area contributed by atoms with Crippen molar-refractivity contribution in [2.75, 3.05) is 12.5 Å². The van der Waals surface area contributed by atoms with Crippen LogP contribution in [-0.2, 0) is 32.5 Å². The van der Waals surface area contributed by atoms with Gasteiger partial charge in [0, 0.05) is 38.9 Å². The van der Waals surface area contributed by atoms with Gasteiger partial charge in [0.25, 0.3) is 0 Å². The Balaban J connectivity index is 1.52. The molecule has 0 fully saturated rings. The number of benzene rings is 6. The lowest BCUT2D eigenvalue weighted by Crippen LogP contribution is -2.53. The molecule has 0 saturated carbocycles. The van der Waals surface area contributed by atoms with Crippen LogP contribution in [0.5, 0.6) is 23.0 Å². The van der Waals surface area contributed by atoms with Gasteiger partial charge in [0.15, 0.2) is 0 Å². The van der Waals surface area contributed by atoms with Crippen LogP contribution in [0.2, 0.25) is 11.1 Å². The van der Waals surface area contributed by atoms with Crippen molar-refractivity contribution in [1.29, 1.82) is 0 Å². The molecule has 0 aliphatic rings. The molecule has 0 saturated heterocycles. The van der Waals surface area contributed by atoms with Crippen molar-refractivity contribution in [2.45, 2.75) is 210 Å². The zero-order chi connectivity index (χ0) is 56.3. The normalized spacial score (nSPS) is 13.3. The van der Waals surface area contributed by atoms with E-state index in [9.17, 15) is 10.2 Å². The molecule has 0 bridgehead atoms. The van der Waals surface area contributed by atoms with E-state index in [4.69, 9.17) is 9.47 Å². The average molecular weight is 1030 g/mol. The van der Waals surface area contributed by atoms with Crippen LogP contribution in [0.3, 0.4) is 0 Å². The van der Waals surface area contributed by atoms with Crippen molar-refractivity contribution in [3.05, 3.63) is 142 Å². The molecule has 75 heavy (non-hydrogen) atoms. The van der Waals surface area contributed by atoms with Gasteiger partial charge in [-0.3, -0.25) is 0 Å². The van der Waals surface area contributed by atoms with Crippen LogP contribution >= 0.6 is 0 Å². The average Bonchev–Trinajstić information content (AvgIpc) is 3.28. The zero-order valence-corrected chi connectivity index (χ0v) is 52.0. The van der Waals surface area contributed by atoms with Gasteiger partial charge >= 0.3 is 0 Å². The molecule has 0 spiro atoms. The maximum absolute atomic E-state index is 12.7. The van der Waals surface area contributed by atoms with E-state index < -0.39 is 8.07 Å². The third kappa shape index (κ3) is 13.0. The smallest absolute Gasteiger partial charge is 0.146 e. The standard InChI is InChI=1S/C70H96O4Si/c1-43(2)75(44(3)4,41-73-61-29-28-50(66(10,11)12)38-56(61)57-32-46(6)31-55(63(57)72)48-35-51(67(13,14)15)37-52(36-48)68(16,17)18)42-74-64-59(39-53(69(19,20)21)40-60(64)70(22,23)24)58-33-45(5)30-54(62(58)71)47-26-25-27-49(34-47)65(7,8)9/h25-40,43-44,71-72H,41-42H2,1-24H3. The number of aromatic hydroxyl groups is 2. The fourth-order valence-electron chi connectivity index (χ4n) is 10.3. The summed E-state index contributed by atoms with van der Waals surface area (Å²) in [4.78, 5) is 0. The summed E-state index contributed by atoms with van der Waals surface area (Å²) in [5.74, 6) is 2.09. The van der Waals surface area contributed by atoms with E-state index in [1.165, 1.54) is 27.8 Å². The van der Waals surface area contributed by atoms with Gasteiger partial charge in [-0.15, -0.1) is 0 Å². The Labute approximate surface area is 456 Å². The first-order valence-electron chi connectivity index (χ1n) is 27.8. The first-order valence-corrected chi connectivity index (χ1v) is 30.4. The highest BCUT2D eigenvalue weighted by molar-refractivity contribution is 6.82. The summed E-state index contributed by atoms with van der Waals surface area (Å²) >= 11 is 0. The molecule has 0 heterocycles. The lowest BCUT2D eigenvalue weighted by Gasteiger charge is -2.39. The van der Waals surface area contributed by atoms with Crippen molar-refractivity contribution < 1.29 is 19.7 Å². The maximum Gasteiger partial charge on any atom is 0.146 e. The van der Waals surface area contributed by atoms with Crippen LogP contribution in [0, 0.1) is 13.8 Å². The van der Waals surface area contributed by atoms with E-state index >= 15 is 0 Å². The molecular formula is C70H96O4Si. The van der Waals surface area contributed by atoms with Crippen LogP contribution in [0.4, 0.5) is 0 Å². The van der Waals surface area contributed by atoms with Crippen molar-refractivity contribution in [3.63, 3.8) is 0 Å². The van der Waals surface area contributed by atoms with E-state index in [1.54, 1.807) is 0 Å². The van der Waals surface area contributed by atoms with E-state index in [0.29, 0.717) is 12.5 Å². The van der Waals surface area contributed by atoms with E-state index in [-0.39, 0.29) is 55.1 Å². The fourth-order valence-corrected chi connectivity index (χ4v) is 13.9. The van der Waals surface area contributed by atoms with E-state index in [1.807, 2.05) is 0 Å². The summed E-state index contributed by atoms with van der Waals surface area (Å²) in [6, 6.07) is 35.1. The molecule has 0 aromatic heterocycles. The Kier molecular flexibility index (Phi) is 16.5. The Hall–Kier alpha value is -5.26. The molecule has 4 nitrogen and oxygen atoms in total. The van der Waals surface area contributed by atoms with Crippen LogP contribution in [0.15, 0.2) is 97.1 Å². The van der Waals surface area contributed by atoms with Crippen molar-refractivity contribution in [2.24, 2.45) is 0 Å². The minimum atomic E-state index is -2.56. The molecular weight excluding hydrogens is 933 g/mol. The van der Waals surface area contributed by atoms with Gasteiger partial charge in [-0.1, -0.05) is 207 Å². The number of aryl methyl sites for hydroxylation is 2. The lowest BCUT2D eigenvalue weighted by atomic mass is 9.77. The molecule has 0 unspecified atom stereocenters. The molecule has 6 rings (SSSR count). The molecule has 0 atom stereocenters. The molecule has 5 heteroatoms. The highest BCUT2D eigenvalue weighted by atomic mass is 28.3. The number of phenols is 2. The Morgan fingerprint density at radius 1 is 0.387 bits per heavy atom. The second kappa shape index (κ2) is 20.9. The highest BCUT2D eigenvalue weighted by Gasteiger charge is 2.44.